The number of benzene rings is 1. The second-order valence-electron chi connectivity index (χ2n) is 1.72. The van der Waals surface area contributed by atoms with Crippen molar-refractivity contribution in [2.24, 2.45) is 0 Å². The summed E-state index contributed by atoms with van der Waals surface area (Å²) >= 11 is 0. The zero-order valence-corrected chi connectivity index (χ0v) is 5.38. The molecule has 1 aromatic rings. The van der Waals surface area contributed by atoms with Gasteiger partial charge in [-0.3, -0.25) is 5.48 Å². The molecule has 2 nitrogen and oxygen atoms in total. The standard InChI is InChI=1S/C7H8FNO/c8-6-10-9-7-4-2-1-3-5-7/h1-5,9H,6H2. The maximum absolute atomic E-state index is 11.4. The van der Waals surface area contributed by atoms with E-state index in [1.165, 1.54) is 0 Å². The van der Waals surface area contributed by atoms with Gasteiger partial charge in [0.05, 0.1) is 5.69 Å². The lowest BCUT2D eigenvalue weighted by atomic mass is 10.3. The van der Waals surface area contributed by atoms with Crippen LogP contribution in [0.4, 0.5) is 10.1 Å². The van der Waals surface area contributed by atoms with E-state index in [4.69, 9.17) is 0 Å². The molecule has 0 aromatic heterocycles. The number of alkyl halides is 1. The van der Waals surface area contributed by atoms with Crippen LogP contribution in [0, 0.1) is 0 Å². The Morgan fingerprint density at radius 2 is 2.00 bits per heavy atom. The molecule has 0 aliphatic heterocycles. The quantitative estimate of drug-likeness (QED) is 0.649. The van der Waals surface area contributed by atoms with E-state index in [-0.39, 0.29) is 0 Å². The molecular weight excluding hydrogens is 133 g/mol. The number of anilines is 1. The summed E-state index contributed by atoms with van der Waals surface area (Å²) in [6.07, 6.45) is 0. The van der Waals surface area contributed by atoms with Gasteiger partial charge in [0.15, 0.2) is 0 Å². The molecule has 0 spiro atoms. The molecule has 0 atom stereocenters. The zero-order chi connectivity index (χ0) is 7.23. The number of hydrogen-bond donors (Lipinski definition) is 1. The van der Waals surface area contributed by atoms with Crippen molar-refractivity contribution in [3.63, 3.8) is 0 Å². The van der Waals surface area contributed by atoms with Crippen LogP contribution in [-0.4, -0.2) is 6.86 Å². The SMILES string of the molecule is FCONc1ccccc1. The van der Waals surface area contributed by atoms with E-state index in [1.807, 2.05) is 18.2 Å². The molecule has 0 amide bonds. The third-order valence-corrected chi connectivity index (χ3v) is 1.02. The lowest BCUT2D eigenvalue weighted by Gasteiger charge is -2.00. The smallest absolute Gasteiger partial charge is 0.214 e. The molecule has 0 radical (unpaired) electrons. The molecule has 0 unspecified atom stereocenters. The number of para-hydroxylation sites is 1. The Kier molecular flexibility index (Phi) is 2.70. The second kappa shape index (κ2) is 3.85. The summed E-state index contributed by atoms with van der Waals surface area (Å²) in [5.41, 5.74) is 3.17. The molecule has 0 aliphatic carbocycles. The summed E-state index contributed by atoms with van der Waals surface area (Å²) in [5.74, 6) is 0. The molecule has 10 heavy (non-hydrogen) atoms. The van der Waals surface area contributed by atoms with Gasteiger partial charge in [-0.15, -0.1) is 0 Å². The lowest BCUT2D eigenvalue weighted by molar-refractivity contribution is 0.101. The van der Waals surface area contributed by atoms with Crippen LogP contribution in [0.2, 0.25) is 0 Å². The fourth-order valence-corrected chi connectivity index (χ4v) is 0.617. The van der Waals surface area contributed by atoms with Gasteiger partial charge in [-0.25, -0.2) is 9.23 Å². The Bertz CT molecular complexity index is 178. The van der Waals surface area contributed by atoms with E-state index >= 15 is 0 Å². The van der Waals surface area contributed by atoms with Crippen LogP contribution >= 0.6 is 0 Å². The topological polar surface area (TPSA) is 21.3 Å². The minimum Gasteiger partial charge on any atom is -0.264 e. The molecule has 1 N–H and O–H groups in total. The first kappa shape index (κ1) is 7.02. The normalized spacial score (nSPS) is 9.30. The number of nitrogens with one attached hydrogen (secondary N) is 1. The molecule has 0 saturated carbocycles. The predicted molar refractivity (Wildman–Crippen MR) is 37.1 cm³/mol. The number of halogens is 1. The van der Waals surface area contributed by atoms with Gasteiger partial charge in [-0.1, -0.05) is 18.2 Å². The Labute approximate surface area is 58.6 Å². The highest BCUT2D eigenvalue weighted by atomic mass is 19.1. The van der Waals surface area contributed by atoms with Crippen molar-refractivity contribution in [2.45, 2.75) is 0 Å². The van der Waals surface area contributed by atoms with E-state index in [9.17, 15) is 4.39 Å². The van der Waals surface area contributed by atoms with Gasteiger partial charge >= 0.3 is 0 Å². The van der Waals surface area contributed by atoms with Crippen LogP contribution in [0.15, 0.2) is 30.3 Å². The molecule has 0 aliphatic rings. The first-order valence-electron chi connectivity index (χ1n) is 2.92. The van der Waals surface area contributed by atoms with Gasteiger partial charge in [0.1, 0.15) is 0 Å². The lowest BCUT2D eigenvalue weighted by Crippen LogP contribution is -1.98. The Balaban J connectivity index is 2.43. The second-order valence-corrected chi connectivity index (χ2v) is 1.72. The van der Waals surface area contributed by atoms with E-state index < -0.39 is 6.86 Å². The Morgan fingerprint density at radius 1 is 1.30 bits per heavy atom. The summed E-state index contributed by atoms with van der Waals surface area (Å²) in [7, 11) is 0. The summed E-state index contributed by atoms with van der Waals surface area (Å²) in [5, 5.41) is 0. The number of rotatable bonds is 3. The first-order chi connectivity index (χ1) is 4.93. The minimum absolute atomic E-state index is 0.750. The average molecular weight is 141 g/mol. The Hall–Kier alpha value is -1.09. The third-order valence-electron chi connectivity index (χ3n) is 1.02. The van der Waals surface area contributed by atoms with Crippen molar-refractivity contribution >= 4 is 5.69 Å². The van der Waals surface area contributed by atoms with Crippen LogP contribution < -0.4 is 5.48 Å². The summed E-state index contributed by atoms with van der Waals surface area (Å²) < 4.78 is 11.4. The van der Waals surface area contributed by atoms with Gasteiger partial charge in [0.25, 0.3) is 0 Å². The summed E-state index contributed by atoms with van der Waals surface area (Å²) in [6, 6.07) is 9.12. The molecule has 0 bridgehead atoms. The van der Waals surface area contributed by atoms with Gasteiger partial charge < -0.3 is 0 Å². The largest absolute Gasteiger partial charge is 0.264 e. The summed E-state index contributed by atoms with van der Waals surface area (Å²) in [4.78, 5) is 4.30. The molecule has 54 valence electrons. The van der Waals surface area contributed by atoms with Crippen molar-refractivity contribution in [2.75, 3.05) is 12.3 Å². The highest BCUT2D eigenvalue weighted by molar-refractivity contribution is 5.39. The minimum atomic E-state index is -0.825. The van der Waals surface area contributed by atoms with E-state index in [2.05, 4.69) is 10.3 Å². The van der Waals surface area contributed by atoms with Crippen LogP contribution in [0.5, 0.6) is 0 Å². The van der Waals surface area contributed by atoms with Crippen LogP contribution in [-0.2, 0) is 4.84 Å². The highest BCUT2D eigenvalue weighted by Crippen LogP contribution is 2.03. The van der Waals surface area contributed by atoms with Gasteiger partial charge in [0, 0.05) is 0 Å². The maximum Gasteiger partial charge on any atom is 0.214 e. The van der Waals surface area contributed by atoms with E-state index in [0.29, 0.717) is 0 Å². The van der Waals surface area contributed by atoms with Crippen LogP contribution in [0.1, 0.15) is 0 Å². The Morgan fingerprint density at radius 3 is 2.60 bits per heavy atom. The van der Waals surface area contributed by atoms with Crippen LogP contribution in [0.3, 0.4) is 0 Å². The zero-order valence-electron chi connectivity index (χ0n) is 5.38. The fraction of sp³-hybridized carbons (Fsp3) is 0.143. The maximum atomic E-state index is 11.4. The van der Waals surface area contributed by atoms with E-state index in [1.54, 1.807) is 12.1 Å². The van der Waals surface area contributed by atoms with Gasteiger partial charge in [-0.2, -0.15) is 0 Å². The molecule has 0 fully saturated rings. The monoisotopic (exact) mass is 141 g/mol. The number of hydrogen-bond acceptors (Lipinski definition) is 2. The van der Waals surface area contributed by atoms with E-state index in [0.717, 1.165) is 5.69 Å². The first-order valence-corrected chi connectivity index (χ1v) is 2.92. The highest BCUT2D eigenvalue weighted by Gasteiger charge is 1.85. The van der Waals surface area contributed by atoms with Crippen molar-refractivity contribution in [1.29, 1.82) is 0 Å². The van der Waals surface area contributed by atoms with Crippen molar-refractivity contribution in [3.05, 3.63) is 30.3 Å². The average Bonchev–Trinajstić information content (AvgIpc) is 2.03. The molecule has 1 aromatic carbocycles. The van der Waals surface area contributed by atoms with Gasteiger partial charge in [-0.05, 0) is 12.1 Å². The van der Waals surface area contributed by atoms with Gasteiger partial charge in [0.2, 0.25) is 6.86 Å². The van der Waals surface area contributed by atoms with Crippen molar-refractivity contribution in [3.8, 4) is 0 Å². The van der Waals surface area contributed by atoms with Crippen LogP contribution in [0.25, 0.3) is 0 Å². The molecule has 3 heteroatoms. The molecule has 0 saturated heterocycles. The van der Waals surface area contributed by atoms with Crippen molar-refractivity contribution in [1.82, 2.24) is 0 Å². The van der Waals surface area contributed by atoms with Crippen molar-refractivity contribution < 1.29 is 9.23 Å². The summed E-state index contributed by atoms with van der Waals surface area (Å²) in [6.45, 7) is -0.825. The molecule has 0 heterocycles. The molecule has 1 rings (SSSR count). The predicted octanol–water partition coefficient (Wildman–Crippen LogP) is 1.96. The third kappa shape index (κ3) is 2.03. The molecular formula is C7H8FNO. The fourth-order valence-electron chi connectivity index (χ4n) is 0.617.